The number of hydrogen-bond acceptors (Lipinski definition) is 7. The first-order chi connectivity index (χ1) is 15.8. The quantitative estimate of drug-likeness (QED) is 0.430. The molecule has 0 bridgehead atoms. The zero-order valence-corrected chi connectivity index (χ0v) is 21.5. The van der Waals surface area contributed by atoms with Gasteiger partial charge in [-0.3, -0.25) is 9.36 Å². The molecule has 3 aromatic heterocycles. The van der Waals surface area contributed by atoms with E-state index in [2.05, 4.69) is 21.1 Å². The maximum atomic E-state index is 14.1. The lowest BCUT2D eigenvalue weighted by molar-refractivity contribution is 0.300. The molecule has 0 amide bonds. The van der Waals surface area contributed by atoms with Crippen LogP contribution in [0.2, 0.25) is 5.02 Å². The molecule has 0 spiro atoms. The van der Waals surface area contributed by atoms with E-state index >= 15 is 0 Å². The highest BCUT2D eigenvalue weighted by atomic mass is 35.5. The van der Waals surface area contributed by atoms with E-state index in [9.17, 15) is 14.4 Å². The third-order valence-corrected chi connectivity index (χ3v) is 6.13. The Balaban J connectivity index is 0.00000171. The number of fused-ring (bicyclic) bond motifs is 1. The molecule has 1 aliphatic rings. The van der Waals surface area contributed by atoms with Crippen molar-refractivity contribution in [3.05, 3.63) is 74.8 Å². The van der Waals surface area contributed by atoms with E-state index in [-0.39, 0.29) is 49.4 Å². The van der Waals surface area contributed by atoms with Crippen LogP contribution >= 0.6 is 38.6 Å². The predicted molar refractivity (Wildman–Crippen MR) is 142 cm³/mol. The summed E-state index contributed by atoms with van der Waals surface area (Å²) in [6, 6.07) is 9.00. The van der Waals surface area contributed by atoms with Gasteiger partial charge in [-0.05, 0) is 31.2 Å². The van der Waals surface area contributed by atoms with Gasteiger partial charge >= 0.3 is 0 Å². The van der Waals surface area contributed by atoms with Crippen LogP contribution in [0.5, 0.6) is 0 Å². The number of nitrogens with two attached hydrogens (primary N) is 1. The van der Waals surface area contributed by atoms with Gasteiger partial charge in [0.25, 0.3) is 5.56 Å². The summed E-state index contributed by atoms with van der Waals surface area (Å²) in [6.45, 7) is 4.24. The minimum atomic E-state index is -0.490. The molecule has 0 saturated carbocycles. The summed E-state index contributed by atoms with van der Waals surface area (Å²) < 4.78 is 16.9. The monoisotopic (exact) mass is 532 g/mol. The third kappa shape index (κ3) is 4.20. The standard InChI is InChI=1S/C22H18ClFN8O.2H2S/c1-11-10-30(19-15(9-25)12(2)27-22(26)28-19)17(11)20-29-31-7-6-16(23)18(31)21(33)32(20)14-5-3-4-13(24)8-14;;/h3-8,11,17H,10H2,1-2H3,(H2,26,27,28);2*1H2/t11-,17-;;/m0../s1. The van der Waals surface area contributed by atoms with E-state index in [0.29, 0.717) is 35.1 Å². The first-order valence-electron chi connectivity index (χ1n) is 10.2. The number of halogens is 2. The van der Waals surface area contributed by atoms with Gasteiger partial charge in [-0.15, -0.1) is 0 Å². The van der Waals surface area contributed by atoms with Crippen LogP contribution in [-0.2, 0) is 0 Å². The summed E-state index contributed by atoms with van der Waals surface area (Å²) in [4.78, 5) is 23.8. The van der Waals surface area contributed by atoms with Gasteiger partial charge in [0.05, 0.1) is 22.4 Å². The number of benzene rings is 1. The Hall–Kier alpha value is -3.27. The topological polar surface area (TPSA) is 118 Å². The van der Waals surface area contributed by atoms with E-state index in [1.54, 1.807) is 25.3 Å². The number of hydrogen-bond donors (Lipinski definition) is 1. The predicted octanol–water partition coefficient (Wildman–Crippen LogP) is 3.25. The molecule has 1 aromatic carbocycles. The van der Waals surface area contributed by atoms with Crippen LogP contribution in [-0.4, -0.2) is 30.7 Å². The van der Waals surface area contributed by atoms with Crippen molar-refractivity contribution < 1.29 is 4.39 Å². The van der Waals surface area contributed by atoms with E-state index in [1.807, 2.05) is 11.8 Å². The maximum absolute atomic E-state index is 14.1. The second-order valence-corrected chi connectivity index (χ2v) is 8.39. The molecule has 1 saturated heterocycles. The Morgan fingerprint density at radius 1 is 1.26 bits per heavy atom. The normalized spacial score (nSPS) is 16.7. The molecule has 1 aliphatic heterocycles. The number of anilines is 2. The van der Waals surface area contributed by atoms with Crippen LogP contribution in [0, 0.1) is 30.0 Å². The van der Waals surface area contributed by atoms with Crippen molar-refractivity contribution in [2.45, 2.75) is 19.9 Å². The Bertz CT molecular complexity index is 1530. The molecule has 5 rings (SSSR count). The van der Waals surface area contributed by atoms with Gasteiger partial charge in [-0.2, -0.15) is 42.3 Å². The summed E-state index contributed by atoms with van der Waals surface area (Å²) in [5, 5.41) is 14.6. The molecule has 2 N–H and O–H groups in total. The van der Waals surface area contributed by atoms with Gasteiger partial charge in [-0.1, -0.05) is 24.6 Å². The zero-order valence-electron chi connectivity index (χ0n) is 18.7. The molecule has 0 radical (unpaired) electrons. The molecule has 4 aromatic rings. The summed E-state index contributed by atoms with van der Waals surface area (Å²) in [6.07, 6.45) is 1.60. The number of nitrogen functional groups attached to an aromatic ring is 1. The van der Waals surface area contributed by atoms with Crippen molar-refractivity contribution in [1.29, 1.82) is 5.26 Å². The summed E-state index contributed by atoms with van der Waals surface area (Å²) >= 11 is 6.25. The molecule has 4 heterocycles. The van der Waals surface area contributed by atoms with Gasteiger partial charge in [0.2, 0.25) is 5.95 Å². The molecular weight excluding hydrogens is 511 g/mol. The van der Waals surface area contributed by atoms with Gasteiger partial charge in [-0.25, -0.2) is 13.9 Å². The van der Waals surface area contributed by atoms with E-state index in [0.717, 1.165) is 0 Å². The second-order valence-electron chi connectivity index (χ2n) is 7.99. The second kappa shape index (κ2) is 9.77. The van der Waals surface area contributed by atoms with Crippen LogP contribution in [0.25, 0.3) is 11.2 Å². The number of aromatic nitrogens is 5. The van der Waals surface area contributed by atoms with E-state index in [1.165, 1.54) is 27.3 Å². The van der Waals surface area contributed by atoms with Crippen molar-refractivity contribution in [3.63, 3.8) is 0 Å². The van der Waals surface area contributed by atoms with Crippen LogP contribution in [0.3, 0.4) is 0 Å². The highest BCUT2D eigenvalue weighted by molar-refractivity contribution is 7.59. The first kappa shape index (κ1) is 26.3. The summed E-state index contributed by atoms with van der Waals surface area (Å²) in [5.74, 6) is 0.335. The van der Waals surface area contributed by atoms with Gasteiger partial charge in [0, 0.05) is 18.7 Å². The van der Waals surface area contributed by atoms with Crippen molar-refractivity contribution >= 4 is 55.9 Å². The number of aryl methyl sites for hydroxylation is 1. The maximum Gasteiger partial charge on any atom is 0.284 e. The lowest BCUT2D eigenvalue weighted by Gasteiger charge is -2.47. The Labute approximate surface area is 218 Å². The average Bonchev–Trinajstić information content (AvgIpc) is 3.12. The minimum Gasteiger partial charge on any atom is -0.368 e. The Morgan fingerprint density at radius 2 is 2.00 bits per heavy atom. The molecule has 9 nitrogen and oxygen atoms in total. The highest BCUT2D eigenvalue weighted by Crippen LogP contribution is 2.42. The lowest BCUT2D eigenvalue weighted by atomic mass is 9.88. The molecule has 0 unspecified atom stereocenters. The van der Waals surface area contributed by atoms with Gasteiger partial charge < -0.3 is 10.6 Å². The molecule has 13 heteroatoms. The van der Waals surface area contributed by atoms with Crippen LogP contribution < -0.4 is 16.2 Å². The molecule has 1 fully saturated rings. The van der Waals surface area contributed by atoms with Crippen molar-refractivity contribution in [2.75, 3.05) is 17.2 Å². The summed E-state index contributed by atoms with van der Waals surface area (Å²) in [7, 11) is 0. The van der Waals surface area contributed by atoms with Crippen LogP contribution in [0.15, 0.2) is 41.3 Å². The zero-order chi connectivity index (χ0) is 23.4. The van der Waals surface area contributed by atoms with Crippen molar-refractivity contribution in [2.24, 2.45) is 5.92 Å². The highest BCUT2D eigenvalue weighted by Gasteiger charge is 2.43. The SMILES string of the molecule is Cc1nc(N)nc(N2C[C@H](C)[C@H]2c2nn3ccc(Cl)c3c(=O)n2-c2cccc(F)c2)c1C#N.S.S. The van der Waals surface area contributed by atoms with Crippen LogP contribution in [0.1, 0.15) is 30.0 Å². The average molecular weight is 533 g/mol. The van der Waals surface area contributed by atoms with Crippen molar-refractivity contribution in [1.82, 2.24) is 24.1 Å². The molecular formula is C22H22ClFN8OS2. The van der Waals surface area contributed by atoms with Crippen LogP contribution in [0.4, 0.5) is 16.2 Å². The fourth-order valence-corrected chi connectivity index (χ4v) is 4.55. The van der Waals surface area contributed by atoms with E-state index in [4.69, 9.17) is 17.3 Å². The summed E-state index contributed by atoms with van der Waals surface area (Å²) in [5.41, 5.74) is 6.70. The smallest absolute Gasteiger partial charge is 0.284 e. The minimum absolute atomic E-state index is 0. The largest absolute Gasteiger partial charge is 0.368 e. The first-order valence-corrected chi connectivity index (χ1v) is 10.5. The molecule has 35 heavy (non-hydrogen) atoms. The molecule has 2 atom stereocenters. The fourth-order valence-electron chi connectivity index (χ4n) is 4.33. The van der Waals surface area contributed by atoms with Gasteiger partial charge in [0.15, 0.2) is 11.6 Å². The van der Waals surface area contributed by atoms with E-state index < -0.39 is 17.4 Å². The third-order valence-electron chi connectivity index (χ3n) is 5.82. The number of nitrogens with zero attached hydrogens (tertiary/aromatic N) is 7. The Kier molecular flexibility index (Phi) is 7.35. The molecule has 182 valence electrons. The Morgan fingerprint density at radius 3 is 2.66 bits per heavy atom. The number of nitriles is 1. The fraction of sp³-hybridized carbons (Fsp3) is 0.227. The van der Waals surface area contributed by atoms with Crippen molar-refractivity contribution in [3.8, 4) is 11.8 Å². The lowest BCUT2D eigenvalue weighted by Crippen LogP contribution is -2.52. The number of rotatable bonds is 3. The molecule has 0 aliphatic carbocycles. The van der Waals surface area contributed by atoms with Gasteiger partial charge in [0.1, 0.15) is 23.0 Å².